The van der Waals surface area contributed by atoms with Crippen LogP contribution >= 0.6 is 15.9 Å². The van der Waals surface area contributed by atoms with Gasteiger partial charge in [0.1, 0.15) is 6.61 Å². The average molecular weight is 538 g/mol. The Morgan fingerprint density at radius 3 is 2.54 bits per heavy atom. The van der Waals surface area contributed by atoms with E-state index in [0.29, 0.717) is 39.4 Å². The van der Waals surface area contributed by atoms with Gasteiger partial charge >= 0.3 is 0 Å². The van der Waals surface area contributed by atoms with Crippen molar-refractivity contribution < 1.29 is 19.2 Å². The number of carbonyl (C=O) groups is 1. The molecule has 0 aromatic heterocycles. The highest BCUT2D eigenvalue weighted by Crippen LogP contribution is 2.51. The van der Waals surface area contributed by atoms with Crippen LogP contribution in [0, 0.1) is 10.1 Å². The number of rotatable bonds is 6. The first-order valence-corrected chi connectivity index (χ1v) is 12.0. The lowest BCUT2D eigenvalue weighted by atomic mass is 9.78. The summed E-state index contributed by atoms with van der Waals surface area (Å²) in [4.78, 5) is 25.4. The van der Waals surface area contributed by atoms with E-state index in [1.54, 1.807) is 30.3 Å². The lowest BCUT2D eigenvalue weighted by Gasteiger charge is -2.25. The van der Waals surface area contributed by atoms with Crippen molar-refractivity contribution in [1.29, 1.82) is 0 Å². The first kappa shape index (κ1) is 23.3. The molecule has 1 spiro atoms. The highest BCUT2D eigenvalue weighted by Gasteiger charge is 2.67. The summed E-state index contributed by atoms with van der Waals surface area (Å²) in [5, 5.41) is 18.6. The second-order valence-corrected chi connectivity index (χ2v) is 9.66. The van der Waals surface area contributed by atoms with Crippen LogP contribution in [0.3, 0.4) is 0 Å². The predicted octanol–water partition coefficient (Wildman–Crippen LogP) is 4.60. The Morgan fingerprint density at radius 2 is 1.83 bits per heavy atom. The molecular weight excluding hydrogens is 514 g/mol. The Hall–Kier alpha value is -3.43. The van der Waals surface area contributed by atoms with Crippen molar-refractivity contribution in [1.82, 2.24) is 5.32 Å². The second-order valence-electron chi connectivity index (χ2n) is 8.81. The molecule has 2 N–H and O–H groups in total. The number of nitrogens with one attached hydrogen (secondary N) is 2. The number of halogens is 1. The predicted molar refractivity (Wildman–Crippen MR) is 134 cm³/mol. The van der Waals surface area contributed by atoms with Gasteiger partial charge < -0.3 is 14.8 Å². The minimum atomic E-state index is -1.47. The molecule has 0 saturated carbocycles. The van der Waals surface area contributed by atoms with E-state index >= 15 is 0 Å². The Morgan fingerprint density at radius 1 is 1.11 bits per heavy atom. The summed E-state index contributed by atoms with van der Waals surface area (Å²) < 4.78 is 12.3. The number of methoxy groups -OCH3 is 1. The molecule has 5 rings (SSSR count). The van der Waals surface area contributed by atoms with Crippen molar-refractivity contribution in [2.75, 3.05) is 12.4 Å². The summed E-state index contributed by atoms with van der Waals surface area (Å²) in [7, 11) is 1.53. The van der Waals surface area contributed by atoms with Crippen molar-refractivity contribution in [2.45, 2.75) is 37.1 Å². The van der Waals surface area contributed by atoms with Gasteiger partial charge in [-0.3, -0.25) is 20.2 Å². The molecule has 3 aromatic carbocycles. The molecule has 2 heterocycles. The van der Waals surface area contributed by atoms with Gasteiger partial charge in [0.05, 0.1) is 17.5 Å². The number of ether oxygens (including phenoxy) is 2. The molecule has 35 heavy (non-hydrogen) atoms. The molecule has 0 radical (unpaired) electrons. The summed E-state index contributed by atoms with van der Waals surface area (Å²) in [6.45, 7) is 2.21. The molecule has 1 amide bonds. The van der Waals surface area contributed by atoms with Crippen LogP contribution in [0.15, 0.2) is 71.2 Å². The minimum absolute atomic E-state index is 0.341. The van der Waals surface area contributed by atoms with Crippen molar-refractivity contribution in [2.24, 2.45) is 0 Å². The fourth-order valence-electron chi connectivity index (χ4n) is 5.36. The van der Waals surface area contributed by atoms with Gasteiger partial charge in [0.15, 0.2) is 17.0 Å². The van der Waals surface area contributed by atoms with E-state index in [9.17, 15) is 14.9 Å². The van der Waals surface area contributed by atoms with E-state index in [0.717, 1.165) is 5.56 Å². The Kier molecular flexibility index (Phi) is 5.98. The maximum Gasteiger partial charge on any atom is 0.256 e. The molecular formula is C26H24BrN3O5. The van der Waals surface area contributed by atoms with E-state index in [1.165, 1.54) is 7.11 Å². The third-order valence-electron chi connectivity index (χ3n) is 6.83. The van der Waals surface area contributed by atoms with E-state index < -0.39 is 23.4 Å². The molecule has 0 bridgehead atoms. The quantitative estimate of drug-likeness (QED) is 0.351. The molecule has 1 fully saturated rings. The van der Waals surface area contributed by atoms with Crippen LogP contribution in [-0.4, -0.2) is 30.0 Å². The Labute approximate surface area is 210 Å². The van der Waals surface area contributed by atoms with Crippen LogP contribution in [0.25, 0.3) is 0 Å². The third-order valence-corrected chi connectivity index (χ3v) is 7.41. The fraction of sp³-hybridized carbons (Fsp3) is 0.269. The SMILES string of the molecule is COc1cc([C@@H]2[C@H](C)N[C@@]3(C(=O)Nc4ccccc43)[C@H]2[N+](=O)[O-])cc(Br)c1OCc1ccccc1. The number of hydrogen-bond donors (Lipinski definition) is 2. The van der Waals surface area contributed by atoms with E-state index in [1.807, 2.05) is 43.3 Å². The minimum Gasteiger partial charge on any atom is -0.493 e. The fourth-order valence-corrected chi connectivity index (χ4v) is 5.93. The molecule has 4 atom stereocenters. The standard InChI is InChI=1S/C26H24BrN3O5/c1-15-22(24(30(32)33)26(29-15)18-10-6-7-11-20(18)28-25(26)31)17-12-19(27)23(21(13-17)34-2)35-14-16-8-4-3-5-9-16/h3-13,15,22,24,29H,14H2,1-2H3,(H,28,31)/t15-,22-,24-,26+/m0/s1. The summed E-state index contributed by atoms with van der Waals surface area (Å²) in [5.74, 6) is -0.0502. The summed E-state index contributed by atoms with van der Waals surface area (Å²) in [6.07, 6.45) is 0. The molecule has 0 aliphatic carbocycles. The molecule has 2 aliphatic heterocycles. The Balaban J connectivity index is 1.54. The molecule has 3 aromatic rings. The molecule has 8 nitrogen and oxygen atoms in total. The maximum absolute atomic E-state index is 13.2. The van der Waals surface area contributed by atoms with Crippen molar-refractivity contribution in [3.8, 4) is 11.5 Å². The van der Waals surface area contributed by atoms with Gasteiger partial charge in [-0.2, -0.15) is 0 Å². The van der Waals surface area contributed by atoms with Crippen molar-refractivity contribution in [3.05, 3.63) is 98.0 Å². The van der Waals surface area contributed by atoms with E-state index in [4.69, 9.17) is 9.47 Å². The number of nitrogens with zero attached hydrogens (tertiary/aromatic N) is 1. The maximum atomic E-state index is 13.2. The molecule has 0 unspecified atom stereocenters. The molecule has 9 heteroatoms. The number of nitro groups is 1. The van der Waals surface area contributed by atoms with Crippen LogP contribution in [0.5, 0.6) is 11.5 Å². The monoisotopic (exact) mass is 537 g/mol. The molecule has 1 saturated heterocycles. The number of anilines is 1. The van der Waals surface area contributed by atoms with E-state index in [-0.39, 0.29) is 11.0 Å². The number of para-hydroxylation sites is 1. The highest BCUT2D eigenvalue weighted by molar-refractivity contribution is 9.10. The number of hydrogen-bond acceptors (Lipinski definition) is 6. The van der Waals surface area contributed by atoms with Gasteiger partial charge in [-0.25, -0.2) is 0 Å². The number of benzene rings is 3. The number of fused-ring (bicyclic) bond motifs is 2. The average Bonchev–Trinajstić information content (AvgIpc) is 3.32. The zero-order valence-electron chi connectivity index (χ0n) is 19.2. The number of amides is 1. The first-order valence-electron chi connectivity index (χ1n) is 11.2. The second kappa shape index (κ2) is 8.98. The summed E-state index contributed by atoms with van der Waals surface area (Å²) >= 11 is 3.57. The third kappa shape index (κ3) is 3.75. The van der Waals surface area contributed by atoms with Crippen LogP contribution in [0.4, 0.5) is 5.69 Å². The lowest BCUT2D eigenvalue weighted by molar-refractivity contribution is -0.532. The van der Waals surface area contributed by atoms with Gasteiger partial charge in [0.2, 0.25) is 0 Å². The summed E-state index contributed by atoms with van der Waals surface area (Å²) in [6, 6.07) is 18.8. The zero-order chi connectivity index (χ0) is 24.7. The largest absolute Gasteiger partial charge is 0.493 e. The topological polar surface area (TPSA) is 103 Å². The molecule has 180 valence electrons. The zero-order valence-corrected chi connectivity index (χ0v) is 20.7. The van der Waals surface area contributed by atoms with Crippen molar-refractivity contribution >= 4 is 27.5 Å². The van der Waals surface area contributed by atoms with Gasteiger partial charge in [0, 0.05) is 22.2 Å². The van der Waals surface area contributed by atoms with Gasteiger partial charge in [-0.15, -0.1) is 0 Å². The van der Waals surface area contributed by atoms with Gasteiger partial charge in [0.25, 0.3) is 11.9 Å². The Bertz CT molecular complexity index is 1300. The lowest BCUT2D eigenvalue weighted by Crippen LogP contribution is -2.54. The van der Waals surface area contributed by atoms with Crippen molar-refractivity contribution in [3.63, 3.8) is 0 Å². The smallest absolute Gasteiger partial charge is 0.256 e. The van der Waals surface area contributed by atoms with Gasteiger partial charge in [-0.1, -0.05) is 48.5 Å². The number of carbonyl (C=O) groups excluding carboxylic acids is 1. The van der Waals surface area contributed by atoms with Crippen LogP contribution in [0.1, 0.15) is 29.5 Å². The van der Waals surface area contributed by atoms with Gasteiger partial charge in [-0.05, 0) is 52.2 Å². The molecule has 2 aliphatic rings. The summed E-state index contributed by atoms with van der Waals surface area (Å²) in [5.41, 5.74) is 1.40. The highest BCUT2D eigenvalue weighted by atomic mass is 79.9. The van der Waals surface area contributed by atoms with Crippen LogP contribution < -0.4 is 20.1 Å². The van der Waals surface area contributed by atoms with Crippen LogP contribution in [-0.2, 0) is 16.9 Å². The van der Waals surface area contributed by atoms with E-state index in [2.05, 4.69) is 26.6 Å². The van der Waals surface area contributed by atoms with Crippen LogP contribution in [0.2, 0.25) is 0 Å². The first-order chi connectivity index (χ1) is 16.9. The normalized spacial score (nSPS) is 24.8.